The molecule has 0 aliphatic carbocycles. The van der Waals surface area contributed by atoms with E-state index in [0.29, 0.717) is 19.4 Å². The van der Waals surface area contributed by atoms with Crippen molar-refractivity contribution in [3.05, 3.63) is 30.3 Å². The summed E-state index contributed by atoms with van der Waals surface area (Å²) in [6.45, 7) is 5.80. The minimum Gasteiger partial charge on any atom is -0.323 e. The molecule has 0 radical (unpaired) electrons. The second kappa shape index (κ2) is 6.81. The monoisotopic (exact) mass is 317 g/mol. The SMILES string of the molecule is CCN(C(=O)CN1C(=O)NC(CC)(CC)C1=O)c1ccccc1. The molecule has 0 atom stereocenters. The molecule has 0 bridgehead atoms. The van der Waals surface area contributed by atoms with Gasteiger partial charge in [-0.3, -0.25) is 14.5 Å². The van der Waals surface area contributed by atoms with Crippen molar-refractivity contribution in [3.8, 4) is 0 Å². The number of para-hydroxylation sites is 1. The molecule has 0 saturated carbocycles. The van der Waals surface area contributed by atoms with Gasteiger partial charge in [0.2, 0.25) is 5.91 Å². The normalized spacial score (nSPS) is 16.4. The molecule has 1 fully saturated rings. The summed E-state index contributed by atoms with van der Waals surface area (Å²) in [7, 11) is 0. The Morgan fingerprint density at radius 1 is 1.13 bits per heavy atom. The predicted molar refractivity (Wildman–Crippen MR) is 88.0 cm³/mol. The number of amides is 4. The highest BCUT2D eigenvalue weighted by Crippen LogP contribution is 2.25. The molecule has 1 aliphatic heterocycles. The van der Waals surface area contributed by atoms with Gasteiger partial charge < -0.3 is 10.2 Å². The van der Waals surface area contributed by atoms with Gasteiger partial charge in [-0.1, -0.05) is 32.0 Å². The number of urea groups is 1. The van der Waals surface area contributed by atoms with Gasteiger partial charge >= 0.3 is 6.03 Å². The Morgan fingerprint density at radius 2 is 1.74 bits per heavy atom. The van der Waals surface area contributed by atoms with Crippen LogP contribution in [0.25, 0.3) is 0 Å². The molecule has 124 valence electrons. The molecule has 1 aromatic carbocycles. The van der Waals surface area contributed by atoms with Crippen LogP contribution >= 0.6 is 0 Å². The maximum absolute atomic E-state index is 12.6. The molecule has 1 aromatic rings. The number of hydrogen-bond acceptors (Lipinski definition) is 3. The fourth-order valence-corrected chi connectivity index (χ4v) is 2.88. The number of anilines is 1. The lowest BCUT2D eigenvalue weighted by atomic mass is 9.93. The highest BCUT2D eigenvalue weighted by Gasteiger charge is 2.49. The van der Waals surface area contributed by atoms with E-state index in [-0.39, 0.29) is 18.4 Å². The van der Waals surface area contributed by atoms with Crippen LogP contribution in [0, 0.1) is 0 Å². The Bertz CT molecular complexity index is 596. The zero-order chi connectivity index (χ0) is 17.0. The van der Waals surface area contributed by atoms with Gasteiger partial charge in [0.15, 0.2) is 0 Å². The number of nitrogens with one attached hydrogen (secondary N) is 1. The number of carbonyl (C=O) groups is 3. The van der Waals surface area contributed by atoms with Crippen LogP contribution in [-0.2, 0) is 9.59 Å². The van der Waals surface area contributed by atoms with Crippen molar-refractivity contribution in [1.82, 2.24) is 10.2 Å². The molecule has 23 heavy (non-hydrogen) atoms. The Labute approximate surface area is 136 Å². The first-order valence-electron chi connectivity index (χ1n) is 7.98. The molecule has 1 saturated heterocycles. The Kier molecular flexibility index (Phi) is 5.03. The fraction of sp³-hybridized carbons (Fsp3) is 0.471. The Balaban J connectivity index is 2.16. The minimum atomic E-state index is -0.874. The van der Waals surface area contributed by atoms with E-state index in [1.165, 1.54) is 0 Å². The molecule has 1 aliphatic rings. The van der Waals surface area contributed by atoms with Crippen molar-refractivity contribution in [2.45, 2.75) is 39.2 Å². The molecule has 0 aromatic heterocycles. The highest BCUT2D eigenvalue weighted by molar-refractivity contribution is 6.10. The van der Waals surface area contributed by atoms with Gasteiger partial charge in [0, 0.05) is 12.2 Å². The topological polar surface area (TPSA) is 69.7 Å². The predicted octanol–water partition coefficient (Wildman–Crippen LogP) is 2.15. The van der Waals surface area contributed by atoms with E-state index in [9.17, 15) is 14.4 Å². The molecule has 2 rings (SSSR count). The molecule has 6 nitrogen and oxygen atoms in total. The van der Waals surface area contributed by atoms with Crippen LogP contribution < -0.4 is 10.2 Å². The first-order chi connectivity index (χ1) is 11.0. The second-order valence-electron chi connectivity index (χ2n) is 5.58. The van der Waals surface area contributed by atoms with Gasteiger partial charge in [0.05, 0.1) is 0 Å². The summed E-state index contributed by atoms with van der Waals surface area (Å²) < 4.78 is 0. The average Bonchev–Trinajstić information content (AvgIpc) is 2.81. The standard InChI is InChI=1S/C17H23N3O3/c1-4-17(5-2)15(22)20(16(23)18-17)12-14(21)19(6-3)13-10-8-7-9-11-13/h7-11H,4-6,12H2,1-3H3,(H,18,23). The van der Waals surface area contributed by atoms with Crippen molar-refractivity contribution < 1.29 is 14.4 Å². The van der Waals surface area contributed by atoms with Crippen molar-refractivity contribution >= 4 is 23.5 Å². The largest absolute Gasteiger partial charge is 0.325 e. The summed E-state index contributed by atoms with van der Waals surface area (Å²) >= 11 is 0. The van der Waals surface area contributed by atoms with Crippen LogP contribution in [0.1, 0.15) is 33.6 Å². The maximum atomic E-state index is 12.6. The molecule has 0 spiro atoms. The van der Waals surface area contributed by atoms with Crippen molar-refractivity contribution in [1.29, 1.82) is 0 Å². The first-order valence-corrected chi connectivity index (χ1v) is 7.98. The number of hydrogen-bond donors (Lipinski definition) is 1. The van der Waals surface area contributed by atoms with Gasteiger partial charge in [-0.15, -0.1) is 0 Å². The summed E-state index contributed by atoms with van der Waals surface area (Å²) in [5, 5.41) is 2.74. The quantitative estimate of drug-likeness (QED) is 0.817. The first kappa shape index (κ1) is 17.0. The van der Waals surface area contributed by atoms with Crippen LogP contribution in [0.5, 0.6) is 0 Å². The van der Waals surface area contributed by atoms with Crippen molar-refractivity contribution in [2.24, 2.45) is 0 Å². The number of likely N-dealkylation sites (N-methyl/N-ethyl adjacent to an activating group) is 1. The molecular formula is C17H23N3O3. The molecule has 4 amide bonds. The van der Waals surface area contributed by atoms with Crippen LogP contribution in [0.2, 0.25) is 0 Å². The third-order valence-corrected chi connectivity index (χ3v) is 4.43. The molecular weight excluding hydrogens is 294 g/mol. The van der Waals surface area contributed by atoms with Crippen LogP contribution in [0.15, 0.2) is 30.3 Å². The van der Waals surface area contributed by atoms with Crippen molar-refractivity contribution in [3.63, 3.8) is 0 Å². The number of rotatable bonds is 6. The van der Waals surface area contributed by atoms with Crippen LogP contribution in [0.4, 0.5) is 10.5 Å². The average molecular weight is 317 g/mol. The van der Waals surface area contributed by atoms with Crippen molar-refractivity contribution in [2.75, 3.05) is 18.0 Å². The summed E-state index contributed by atoms with van der Waals surface area (Å²) in [6, 6.07) is 8.73. The molecule has 6 heteroatoms. The van der Waals surface area contributed by atoms with Gasteiger partial charge in [0.1, 0.15) is 12.1 Å². The highest BCUT2D eigenvalue weighted by atomic mass is 16.2. The number of nitrogens with zero attached hydrogens (tertiary/aromatic N) is 2. The van der Waals surface area contributed by atoms with E-state index >= 15 is 0 Å². The van der Waals surface area contributed by atoms with Gasteiger partial charge in [-0.05, 0) is 31.9 Å². The van der Waals surface area contributed by atoms with E-state index in [4.69, 9.17) is 0 Å². The minimum absolute atomic E-state index is 0.241. The lowest BCUT2D eigenvalue weighted by molar-refractivity contribution is -0.134. The second-order valence-corrected chi connectivity index (χ2v) is 5.58. The Morgan fingerprint density at radius 3 is 2.22 bits per heavy atom. The van der Waals surface area contributed by atoms with E-state index in [1.807, 2.05) is 51.1 Å². The smallest absolute Gasteiger partial charge is 0.323 e. The van der Waals surface area contributed by atoms with Gasteiger partial charge in [-0.2, -0.15) is 0 Å². The van der Waals surface area contributed by atoms with E-state index in [2.05, 4.69) is 5.32 Å². The lowest BCUT2D eigenvalue weighted by Crippen LogP contribution is -2.47. The number of benzene rings is 1. The number of carbonyl (C=O) groups excluding carboxylic acids is 3. The summed E-state index contributed by atoms with van der Waals surface area (Å²) in [5.74, 6) is -0.588. The summed E-state index contributed by atoms with van der Waals surface area (Å²) in [5.41, 5.74) is -0.120. The summed E-state index contributed by atoms with van der Waals surface area (Å²) in [6.07, 6.45) is 1.02. The number of imide groups is 1. The van der Waals surface area contributed by atoms with E-state index < -0.39 is 11.6 Å². The fourth-order valence-electron chi connectivity index (χ4n) is 2.88. The summed E-state index contributed by atoms with van der Waals surface area (Å²) in [4.78, 5) is 39.8. The lowest BCUT2D eigenvalue weighted by Gasteiger charge is -2.25. The molecule has 1 N–H and O–H groups in total. The molecule has 0 unspecified atom stereocenters. The molecule has 1 heterocycles. The van der Waals surface area contributed by atoms with Crippen LogP contribution in [-0.4, -0.2) is 41.4 Å². The van der Waals surface area contributed by atoms with Gasteiger partial charge in [-0.25, -0.2) is 4.79 Å². The Hall–Kier alpha value is -2.37. The van der Waals surface area contributed by atoms with E-state index in [1.54, 1.807) is 4.90 Å². The third kappa shape index (κ3) is 3.06. The van der Waals surface area contributed by atoms with E-state index in [0.717, 1.165) is 10.6 Å². The zero-order valence-electron chi connectivity index (χ0n) is 13.8. The van der Waals surface area contributed by atoms with Gasteiger partial charge in [0.25, 0.3) is 5.91 Å². The third-order valence-electron chi connectivity index (χ3n) is 4.43. The maximum Gasteiger partial charge on any atom is 0.325 e. The van der Waals surface area contributed by atoms with Crippen LogP contribution in [0.3, 0.4) is 0 Å². The zero-order valence-corrected chi connectivity index (χ0v) is 13.8.